The number of halogens is 3. The summed E-state index contributed by atoms with van der Waals surface area (Å²) in [5.41, 5.74) is 2.28. The van der Waals surface area contributed by atoms with Gasteiger partial charge in [0, 0.05) is 10.3 Å². The van der Waals surface area contributed by atoms with Gasteiger partial charge in [0.2, 0.25) is 0 Å². The van der Waals surface area contributed by atoms with Gasteiger partial charge in [-0.15, -0.1) is 22.7 Å². The molecule has 0 aliphatic carbocycles. The van der Waals surface area contributed by atoms with E-state index in [1.165, 1.54) is 27.0 Å². The van der Waals surface area contributed by atoms with Crippen LogP contribution < -0.4 is 0 Å². The zero-order valence-corrected chi connectivity index (χ0v) is 13.7. The maximum atomic E-state index is 6.22. The van der Waals surface area contributed by atoms with E-state index in [1.54, 1.807) is 11.3 Å². The summed E-state index contributed by atoms with van der Waals surface area (Å²) < 4.78 is 2.76. The summed E-state index contributed by atoms with van der Waals surface area (Å²) in [5.74, 6) is 0. The quantitative estimate of drug-likeness (QED) is 0.433. The Bertz CT molecular complexity index is 702. The van der Waals surface area contributed by atoms with Crippen LogP contribution in [0, 0.1) is 0 Å². The Morgan fingerprint density at radius 2 is 1.89 bits per heavy atom. The van der Waals surface area contributed by atoms with Gasteiger partial charge in [-0.2, -0.15) is 0 Å². The monoisotopic (exact) mass is 376 g/mol. The van der Waals surface area contributed by atoms with Crippen LogP contribution in [0.2, 0.25) is 8.67 Å². The number of thiophene rings is 2. The van der Waals surface area contributed by atoms with Gasteiger partial charge in [0.05, 0.1) is 13.5 Å². The van der Waals surface area contributed by atoms with Crippen molar-refractivity contribution in [3.05, 3.63) is 55.5 Å². The van der Waals surface area contributed by atoms with E-state index < -0.39 is 0 Å². The topological polar surface area (TPSA) is 0 Å². The standard InChI is InChI=1S/C13H7BrCl2S2/c14-12(8-5-11(15)18-13(8)16)9-6-17-10-4-2-1-3-7(9)10/h1-6,12H. The lowest BCUT2D eigenvalue weighted by Crippen LogP contribution is -1.89. The second-order valence-corrected chi connectivity index (χ2v) is 7.94. The fourth-order valence-electron chi connectivity index (χ4n) is 1.89. The van der Waals surface area contributed by atoms with Crippen LogP contribution in [0.1, 0.15) is 16.0 Å². The molecule has 0 bridgehead atoms. The van der Waals surface area contributed by atoms with E-state index in [0.717, 1.165) is 14.2 Å². The molecule has 0 aliphatic heterocycles. The highest BCUT2D eigenvalue weighted by atomic mass is 79.9. The SMILES string of the molecule is Clc1cc(C(Br)c2csc3ccccc23)c(Cl)s1. The first-order valence-electron chi connectivity index (χ1n) is 5.21. The number of rotatable bonds is 2. The van der Waals surface area contributed by atoms with Gasteiger partial charge < -0.3 is 0 Å². The van der Waals surface area contributed by atoms with Gasteiger partial charge in [0.1, 0.15) is 0 Å². The summed E-state index contributed by atoms with van der Waals surface area (Å²) in [7, 11) is 0. The van der Waals surface area contributed by atoms with Crippen molar-refractivity contribution in [2.75, 3.05) is 0 Å². The lowest BCUT2D eigenvalue weighted by molar-refractivity contribution is 1.23. The van der Waals surface area contributed by atoms with E-state index in [0.29, 0.717) is 0 Å². The average molecular weight is 378 g/mol. The summed E-state index contributed by atoms with van der Waals surface area (Å²) in [4.78, 5) is 0.0879. The van der Waals surface area contributed by atoms with Crippen LogP contribution in [0.15, 0.2) is 35.7 Å². The highest BCUT2D eigenvalue weighted by Crippen LogP contribution is 2.44. The van der Waals surface area contributed by atoms with Crippen LogP contribution in [0.5, 0.6) is 0 Å². The summed E-state index contributed by atoms with van der Waals surface area (Å²) in [6, 6.07) is 10.3. The van der Waals surface area contributed by atoms with Crippen molar-refractivity contribution in [3.8, 4) is 0 Å². The number of hydrogen-bond acceptors (Lipinski definition) is 2. The molecule has 2 heterocycles. The first kappa shape index (κ1) is 12.9. The number of fused-ring (bicyclic) bond motifs is 1. The molecule has 0 nitrogen and oxygen atoms in total. The van der Waals surface area contributed by atoms with E-state index in [-0.39, 0.29) is 4.83 Å². The second kappa shape index (κ2) is 5.14. The predicted octanol–water partition coefficient (Wildman–Crippen LogP) is 6.75. The molecule has 0 saturated carbocycles. The molecule has 1 unspecified atom stereocenters. The molecule has 0 saturated heterocycles. The Hall–Kier alpha value is -0.0600. The average Bonchev–Trinajstić information content (AvgIpc) is 2.92. The van der Waals surface area contributed by atoms with Crippen molar-refractivity contribution in [3.63, 3.8) is 0 Å². The van der Waals surface area contributed by atoms with Crippen molar-refractivity contribution in [1.29, 1.82) is 0 Å². The fourth-order valence-corrected chi connectivity index (χ4v) is 5.61. The molecule has 0 fully saturated rings. The molecular weight excluding hydrogens is 371 g/mol. The van der Waals surface area contributed by atoms with Gasteiger partial charge in [-0.1, -0.05) is 57.3 Å². The van der Waals surface area contributed by atoms with Crippen LogP contribution in [0.3, 0.4) is 0 Å². The number of alkyl halides is 1. The van der Waals surface area contributed by atoms with Crippen molar-refractivity contribution in [2.45, 2.75) is 4.83 Å². The van der Waals surface area contributed by atoms with Crippen LogP contribution in [-0.2, 0) is 0 Å². The minimum atomic E-state index is 0.0879. The van der Waals surface area contributed by atoms with E-state index in [1.807, 2.05) is 6.07 Å². The third kappa shape index (κ3) is 2.23. The maximum Gasteiger partial charge on any atom is 0.0990 e. The van der Waals surface area contributed by atoms with E-state index in [4.69, 9.17) is 23.2 Å². The van der Waals surface area contributed by atoms with Gasteiger partial charge in [-0.3, -0.25) is 0 Å². The molecule has 2 aromatic heterocycles. The van der Waals surface area contributed by atoms with Crippen LogP contribution >= 0.6 is 61.8 Å². The van der Waals surface area contributed by atoms with E-state index in [9.17, 15) is 0 Å². The van der Waals surface area contributed by atoms with Crippen molar-refractivity contribution < 1.29 is 0 Å². The minimum Gasteiger partial charge on any atom is -0.143 e. The molecular formula is C13H7BrCl2S2. The van der Waals surface area contributed by atoms with Crippen LogP contribution in [0.4, 0.5) is 0 Å². The van der Waals surface area contributed by atoms with Gasteiger partial charge in [0.15, 0.2) is 0 Å². The van der Waals surface area contributed by atoms with Crippen molar-refractivity contribution in [1.82, 2.24) is 0 Å². The molecule has 0 N–H and O–H groups in total. The van der Waals surface area contributed by atoms with Gasteiger partial charge >= 0.3 is 0 Å². The smallest absolute Gasteiger partial charge is 0.0990 e. The molecule has 18 heavy (non-hydrogen) atoms. The Kier molecular flexibility index (Phi) is 3.70. The summed E-state index contributed by atoms with van der Waals surface area (Å²) >= 11 is 19.1. The fraction of sp³-hybridized carbons (Fsp3) is 0.0769. The highest BCUT2D eigenvalue weighted by molar-refractivity contribution is 9.09. The molecule has 0 spiro atoms. The molecule has 0 radical (unpaired) electrons. The van der Waals surface area contributed by atoms with Crippen LogP contribution in [0.25, 0.3) is 10.1 Å². The molecule has 0 aliphatic rings. The molecule has 1 aromatic carbocycles. The van der Waals surface area contributed by atoms with Crippen molar-refractivity contribution >= 4 is 71.9 Å². The Morgan fingerprint density at radius 3 is 2.61 bits per heavy atom. The zero-order valence-electron chi connectivity index (χ0n) is 8.99. The van der Waals surface area contributed by atoms with E-state index in [2.05, 4.69) is 45.6 Å². The molecule has 1 atom stereocenters. The Balaban J connectivity index is 2.12. The van der Waals surface area contributed by atoms with Crippen LogP contribution in [-0.4, -0.2) is 0 Å². The third-order valence-electron chi connectivity index (χ3n) is 2.74. The van der Waals surface area contributed by atoms with Gasteiger partial charge in [0.25, 0.3) is 0 Å². The lowest BCUT2D eigenvalue weighted by Gasteiger charge is -2.07. The lowest BCUT2D eigenvalue weighted by atomic mass is 10.1. The minimum absolute atomic E-state index is 0.0879. The first-order valence-corrected chi connectivity index (χ1v) is 8.58. The zero-order chi connectivity index (χ0) is 12.7. The maximum absolute atomic E-state index is 6.22. The van der Waals surface area contributed by atoms with Crippen molar-refractivity contribution in [2.24, 2.45) is 0 Å². The number of benzene rings is 1. The molecule has 0 amide bonds. The Labute approximate surface area is 131 Å². The highest BCUT2D eigenvalue weighted by Gasteiger charge is 2.19. The summed E-state index contributed by atoms with van der Waals surface area (Å²) in [6.07, 6.45) is 0. The third-order valence-corrected chi connectivity index (χ3v) is 6.23. The molecule has 92 valence electrons. The molecule has 5 heteroatoms. The predicted molar refractivity (Wildman–Crippen MR) is 86.9 cm³/mol. The normalized spacial score (nSPS) is 13.1. The van der Waals surface area contributed by atoms with Gasteiger partial charge in [-0.25, -0.2) is 0 Å². The van der Waals surface area contributed by atoms with Gasteiger partial charge in [-0.05, 0) is 28.5 Å². The Morgan fingerprint density at radius 1 is 1.11 bits per heavy atom. The summed E-state index contributed by atoms with van der Waals surface area (Å²) in [5, 5.41) is 3.44. The molecule has 3 rings (SSSR count). The molecule has 3 aromatic rings. The summed E-state index contributed by atoms with van der Waals surface area (Å²) in [6.45, 7) is 0. The number of hydrogen-bond donors (Lipinski definition) is 0. The van der Waals surface area contributed by atoms with E-state index >= 15 is 0 Å². The second-order valence-electron chi connectivity index (χ2n) is 3.83. The largest absolute Gasteiger partial charge is 0.143 e. The first-order chi connectivity index (χ1) is 8.66.